The van der Waals surface area contributed by atoms with Crippen LogP contribution in [0.25, 0.3) is 0 Å². The molecule has 72 valence electrons. The maximum Gasteiger partial charge on any atom is 0.247 e. The summed E-state index contributed by atoms with van der Waals surface area (Å²) in [5.41, 5.74) is 0. The van der Waals surface area contributed by atoms with Crippen molar-refractivity contribution < 1.29 is 29.9 Å². The van der Waals surface area contributed by atoms with E-state index in [2.05, 4.69) is 9.47 Å². The molecule has 1 heterocycles. The Balaban J connectivity index is 2.76. The highest BCUT2D eigenvalue weighted by Crippen LogP contribution is 2.29. The molecule has 1 fully saturated rings. The zero-order chi connectivity index (χ0) is 9.35. The Morgan fingerprint density at radius 3 is 2.33 bits per heavy atom. The van der Waals surface area contributed by atoms with Gasteiger partial charge in [-0.2, -0.15) is 0 Å². The van der Waals surface area contributed by atoms with Gasteiger partial charge in [0.2, 0.25) is 12.1 Å². The van der Waals surface area contributed by atoms with E-state index in [9.17, 15) is 10.2 Å². The summed E-state index contributed by atoms with van der Waals surface area (Å²) in [6, 6.07) is 0. The van der Waals surface area contributed by atoms with Crippen LogP contribution in [0.5, 0.6) is 0 Å². The zero-order valence-corrected chi connectivity index (χ0v) is 6.54. The van der Waals surface area contributed by atoms with Gasteiger partial charge in [0.05, 0.1) is 6.61 Å². The number of ether oxygens (including phenoxy) is 2. The van der Waals surface area contributed by atoms with E-state index in [0.717, 1.165) is 7.11 Å². The van der Waals surface area contributed by atoms with Crippen LogP contribution in [0.3, 0.4) is 0 Å². The second-order valence-corrected chi connectivity index (χ2v) is 2.61. The molecule has 1 unspecified atom stereocenters. The maximum absolute atomic E-state index is 9.38. The summed E-state index contributed by atoms with van der Waals surface area (Å²) < 4.78 is 9.08. The van der Waals surface area contributed by atoms with Crippen molar-refractivity contribution in [1.82, 2.24) is 0 Å². The van der Waals surface area contributed by atoms with Crippen molar-refractivity contribution in [2.75, 3.05) is 13.7 Å². The minimum atomic E-state index is -2.15. The van der Waals surface area contributed by atoms with E-state index in [4.69, 9.17) is 10.2 Å². The fourth-order valence-corrected chi connectivity index (χ4v) is 1.11. The van der Waals surface area contributed by atoms with Gasteiger partial charge in [-0.15, -0.1) is 0 Å². The molecule has 0 aromatic heterocycles. The third-order valence-electron chi connectivity index (χ3n) is 1.94. The van der Waals surface area contributed by atoms with Crippen LogP contribution in [0.4, 0.5) is 0 Å². The summed E-state index contributed by atoms with van der Waals surface area (Å²) >= 11 is 0. The smallest absolute Gasteiger partial charge is 0.247 e. The van der Waals surface area contributed by atoms with Gasteiger partial charge in [0, 0.05) is 7.11 Å². The average molecular weight is 180 g/mol. The molecule has 0 aromatic rings. The third-order valence-corrected chi connectivity index (χ3v) is 1.94. The quantitative estimate of drug-likeness (QED) is 0.347. The van der Waals surface area contributed by atoms with Crippen LogP contribution in [-0.2, 0) is 9.47 Å². The monoisotopic (exact) mass is 180 g/mol. The summed E-state index contributed by atoms with van der Waals surface area (Å²) in [6.07, 6.45) is -4.12. The molecule has 12 heavy (non-hydrogen) atoms. The van der Waals surface area contributed by atoms with Crippen molar-refractivity contribution >= 4 is 0 Å². The van der Waals surface area contributed by atoms with Crippen molar-refractivity contribution in [3.63, 3.8) is 0 Å². The third kappa shape index (κ3) is 1.22. The normalized spacial score (nSPS) is 48.2. The lowest BCUT2D eigenvalue weighted by Crippen LogP contribution is -2.50. The molecular formula is C6H12O6. The Morgan fingerprint density at radius 2 is 2.08 bits per heavy atom. The SMILES string of the molecule is CO[C@]1(O)C(O)O[C@H](CO)[C@H]1O. The van der Waals surface area contributed by atoms with Gasteiger partial charge in [-0.25, -0.2) is 0 Å². The summed E-state index contributed by atoms with van der Waals surface area (Å²) in [5.74, 6) is -2.15. The van der Waals surface area contributed by atoms with Crippen molar-refractivity contribution in [1.29, 1.82) is 0 Å². The first-order chi connectivity index (χ1) is 5.56. The lowest BCUT2D eigenvalue weighted by Gasteiger charge is -2.25. The summed E-state index contributed by atoms with van der Waals surface area (Å²) in [5, 5.41) is 36.3. The molecule has 4 atom stereocenters. The highest BCUT2D eigenvalue weighted by atomic mass is 16.7. The van der Waals surface area contributed by atoms with E-state index in [1.165, 1.54) is 0 Å². The largest absolute Gasteiger partial charge is 0.394 e. The molecule has 0 radical (unpaired) electrons. The second kappa shape index (κ2) is 3.25. The molecular weight excluding hydrogens is 168 g/mol. The first-order valence-corrected chi connectivity index (χ1v) is 3.46. The van der Waals surface area contributed by atoms with Gasteiger partial charge in [0.25, 0.3) is 0 Å². The summed E-state index contributed by atoms with van der Waals surface area (Å²) in [4.78, 5) is 0. The average Bonchev–Trinajstić information content (AvgIpc) is 2.30. The Morgan fingerprint density at radius 1 is 1.50 bits per heavy atom. The van der Waals surface area contributed by atoms with Crippen molar-refractivity contribution in [3.05, 3.63) is 0 Å². The van der Waals surface area contributed by atoms with Crippen molar-refractivity contribution in [2.45, 2.75) is 24.3 Å². The topological polar surface area (TPSA) is 99.4 Å². The van der Waals surface area contributed by atoms with Crippen LogP contribution in [0, 0.1) is 0 Å². The minimum Gasteiger partial charge on any atom is -0.394 e. The predicted octanol–water partition coefficient (Wildman–Crippen LogP) is -2.61. The van der Waals surface area contributed by atoms with Gasteiger partial charge in [0.15, 0.2) is 0 Å². The van der Waals surface area contributed by atoms with Gasteiger partial charge in [-0.1, -0.05) is 0 Å². The van der Waals surface area contributed by atoms with E-state index in [0.29, 0.717) is 0 Å². The number of hydrogen-bond acceptors (Lipinski definition) is 6. The molecule has 1 aliphatic rings. The van der Waals surface area contributed by atoms with Crippen LogP contribution in [-0.4, -0.2) is 58.4 Å². The Labute approximate surface area is 69.0 Å². The highest BCUT2D eigenvalue weighted by Gasteiger charge is 2.55. The van der Waals surface area contributed by atoms with E-state index >= 15 is 0 Å². The number of methoxy groups -OCH3 is 1. The number of hydrogen-bond donors (Lipinski definition) is 4. The van der Waals surface area contributed by atoms with Crippen molar-refractivity contribution in [2.24, 2.45) is 0 Å². The zero-order valence-electron chi connectivity index (χ0n) is 6.54. The van der Waals surface area contributed by atoms with Gasteiger partial charge in [-0.05, 0) is 0 Å². The molecule has 4 N–H and O–H groups in total. The van der Waals surface area contributed by atoms with Crippen LogP contribution in [0.1, 0.15) is 0 Å². The first-order valence-electron chi connectivity index (χ1n) is 3.46. The number of aliphatic hydroxyl groups excluding tert-OH is 3. The molecule has 0 aromatic carbocycles. The van der Waals surface area contributed by atoms with E-state index in [-0.39, 0.29) is 0 Å². The maximum atomic E-state index is 9.38. The Hall–Kier alpha value is -0.240. The fourth-order valence-electron chi connectivity index (χ4n) is 1.11. The first kappa shape index (κ1) is 9.85. The second-order valence-electron chi connectivity index (χ2n) is 2.61. The highest BCUT2D eigenvalue weighted by molar-refractivity contribution is 4.92. The van der Waals surface area contributed by atoms with Crippen molar-refractivity contribution in [3.8, 4) is 0 Å². The lowest BCUT2D eigenvalue weighted by atomic mass is 10.1. The van der Waals surface area contributed by atoms with Gasteiger partial charge in [-0.3, -0.25) is 0 Å². The molecule has 0 saturated carbocycles. The molecule has 0 amide bonds. The van der Waals surface area contributed by atoms with Crippen LogP contribution >= 0.6 is 0 Å². The molecule has 6 nitrogen and oxygen atoms in total. The molecule has 1 saturated heterocycles. The summed E-state index contributed by atoms with van der Waals surface area (Å²) in [6.45, 7) is -0.496. The van der Waals surface area contributed by atoms with Crippen LogP contribution in [0.2, 0.25) is 0 Å². The molecule has 0 spiro atoms. The summed E-state index contributed by atoms with van der Waals surface area (Å²) in [7, 11) is 1.12. The minimum absolute atomic E-state index is 0.496. The van der Waals surface area contributed by atoms with E-state index in [1.54, 1.807) is 0 Å². The molecule has 0 aliphatic carbocycles. The number of aliphatic hydroxyl groups is 4. The lowest BCUT2D eigenvalue weighted by molar-refractivity contribution is -0.294. The van der Waals surface area contributed by atoms with Gasteiger partial charge < -0.3 is 29.9 Å². The standard InChI is InChI=1S/C6H12O6/c1-11-6(10)4(8)3(2-7)12-5(6)9/h3-5,7-10H,2H2,1H3/t3-,4-,5?,6+/m1/s1. The van der Waals surface area contributed by atoms with Crippen LogP contribution in [0.15, 0.2) is 0 Å². The van der Waals surface area contributed by atoms with Gasteiger partial charge >= 0.3 is 0 Å². The molecule has 1 aliphatic heterocycles. The van der Waals surface area contributed by atoms with Gasteiger partial charge in [0.1, 0.15) is 12.2 Å². The Kier molecular flexibility index (Phi) is 2.67. The molecule has 1 rings (SSSR count). The fraction of sp³-hybridized carbons (Fsp3) is 1.00. The molecule has 6 heteroatoms. The molecule has 0 bridgehead atoms. The van der Waals surface area contributed by atoms with E-state index < -0.39 is 30.9 Å². The number of rotatable bonds is 2. The van der Waals surface area contributed by atoms with Crippen LogP contribution < -0.4 is 0 Å². The Bertz CT molecular complexity index is 162. The van der Waals surface area contributed by atoms with E-state index in [1.807, 2.05) is 0 Å². The predicted molar refractivity (Wildman–Crippen MR) is 35.9 cm³/mol.